The highest BCUT2D eigenvalue weighted by Gasteiger charge is 2.25. The van der Waals surface area contributed by atoms with Gasteiger partial charge in [-0.15, -0.1) is 0 Å². The molecule has 1 aliphatic rings. The molecule has 0 aliphatic heterocycles. The van der Waals surface area contributed by atoms with Crippen molar-refractivity contribution < 1.29 is 19.5 Å². The maximum Gasteiger partial charge on any atom is 0.328 e. The van der Waals surface area contributed by atoms with Crippen LogP contribution in [-0.2, 0) is 22.6 Å². The molecule has 7 heteroatoms. The lowest BCUT2D eigenvalue weighted by Crippen LogP contribution is -2.45. The average molecular weight is 292 g/mol. The minimum Gasteiger partial charge on any atom is -0.480 e. The molecule has 0 saturated carbocycles. The van der Waals surface area contributed by atoms with Crippen molar-refractivity contribution in [2.24, 2.45) is 0 Å². The summed E-state index contributed by atoms with van der Waals surface area (Å²) >= 11 is 0. The Morgan fingerprint density at radius 3 is 2.67 bits per heavy atom. The van der Waals surface area contributed by atoms with E-state index in [2.05, 4.69) is 5.32 Å². The zero-order chi connectivity index (χ0) is 15.6. The van der Waals surface area contributed by atoms with E-state index in [9.17, 15) is 19.2 Å². The van der Waals surface area contributed by atoms with Gasteiger partial charge in [-0.05, 0) is 18.9 Å². The summed E-state index contributed by atoms with van der Waals surface area (Å²) in [5.74, 6) is -1.76. The van der Waals surface area contributed by atoms with E-state index in [-0.39, 0.29) is 17.9 Å². The number of carbonyl (C=O) groups is 3. The Kier molecular flexibility index (Phi) is 4.21. The van der Waals surface area contributed by atoms with Gasteiger partial charge in [0.05, 0.1) is 6.54 Å². The van der Waals surface area contributed by atoms with E-state index < -0.39 is 17.9 Å². The fraction of sp³-hybridized carbons (Fsp3) is 0.429. The maximum atomic E-state index is 12.0. The number of aliphatic carboxylic acids is 1. The molecule has 112 valence electrons. The Bertz CT molecular complexity index is 662. The minimum absolute atomic E-state index is 0.0450. The molecule has 21 heavy (non-hydrogen) atoms. The molecule has 1 aliphatic carbocycles. The van der Waals surface area contributed by atoms with Gasteiger partial charge in [-0.1, -0.05) is 0 Å². The number of pyridine rings is 1. The van der Waals surface area contributed by atoms with E-state index in [4.69, 9.17) is 5.11 Å². The van der Waals surface area contributed by atoms with Crippen molar-refractivity contribution in [3.63, 3.8) is 0 Å². The number of amides is 1. The quantitative estimate of drug-likeness (QED) is 0.810. The van der Waals surface area contributed by atoms with Crippen molar-refractivity contribution in [3.8, 4) is 0 Å². The monoisotopic (exact) mass is 292 g/mol. The third-order valence-electron chi connectivity index (χ3n) is 3.45. The maximum absolute atomic E-state index is 12.0. The molecule has 1 aromatic heterocycles. The first kappa shape index (κ1) is 15.0. The van der Waals surface area contributed by atoms with Gasteiger partial charge in [0.25, 0.3) is 5.56 Å². The summed E-state index contributed by atoms with van der Waals surface area (Å²) in [6.07, 6.45) is 1.61. The molecular weight excluding hydrogens is 276 g/mol. The summed E-state index contributed by atoms with van der Waals surface area (Å²) in [6.45, 7) is 1.02. The third kappa shape index (κ3) is 3.18. The molecule has 2 rings (SSSR count). The van der Waals surface area contributed by atoms with Gasteiger partial charge in [-0.3, -0.25) is 14.4 Å². The number of carboxylic acid groups (broad SMARTS) is 1. The second kappa shape index (κ2) is 5.90. The van der Waals surface area contributed by atoms with Crippen molar-refractivity contribution >= 4 is 17.7 Å². The van der Waals surface area contributed by atoms with E-state index >= 15 is 0 Å². The van der Waals surface area contributed by atoms with E-state index in [1.54, 1.807) is 0 Å². The first-order valence-electron chi connectivity index (χ1n) is 6.66. The molecule has 0 spiro atoms. The van der Waals surface area contributed by atoms with Gasteiger partial charge >= 0.3 is 5.97 Å². The highest BCUT2D eigenvalue weighted by Crippen LogP contribution is 2.19. The number of carbonyl (C=O) groups excluding carboxylic acids is 2. The number of rotatable bonds is 4. The smallest absolute Gasteiger partial charge is 0.328 e. The SMILES string of the molecule is CC(=O)NC(Cn1c2c(ccc1=O)C(=O)CCC2)C(=O)O. The molecule has 1 atom stereocenters. The highest BCUT2D eigenvalue weighted by molar-refractivity contribution is 5.98. The normalized spacial score (nSPS) is 15.2. The minimum atomic E-state index is -1.23. The zero-order valence-corrected chi connectivity index (χ0v) is 11.6. The molecule has 1 unspecified atom stereocenters. The molecule has 0 bridgehead atoms. The number of hydrogen-bond acceptors (Lipinski definition) is 4. The molecule has 0 aromatic carbocycles. The molecular formula is C14H16N2O5. The van der Waals surface area contributed by atoms with Gasteiger partial charge in [-0.25, -0.2) is 4.79 Å². The summed E-state index contributed by atoms with van der Waals surface area (Å²) < 4.78 is 1.28. The van der Waals surface area contributed by atoms with Crippen LogP contribution in [0.25, 0.3) is 0 Å². The van der Waals surface area contributed by atoms with Crippen molar-refractivity contribution in [2.75, 3.05) is 0 Å². The summed E-state index contributed by atoms with van der Waals surface area (Å²) in [5, 5.41) is 11.4. The van der Waals surface area contributed by atoms with Crippen LogP contribution in [0.1, 0.15) is 35.8 Å². The Balaban J connectivity index is 2.41. The van der Waals surface area contributed by atoms with Crippen LogP contribution in [0.4, 0.5) is 0 Å². The predicted octanol–water partition coefficient (Wildman–Crippen LogP) is -0.0434. The van der Waals surface area contributed by atoms with Crippen molar-refractivity contribution in [2.45, 2.75) is 38.8 Å². The van der Waals surface area contributed by atoms with E-state index in [0.717, 1.165) is 0 Å². The van der Waals surface area contributed by atoms with Crippen molar-refractivity contribution in [1.29, 1.82) is 0 Å². The van der Waals surface area contributed by atoms with E-state index in [1.165, 1.54) is 23.6 Å². The van der Waals surface area contributed by atoms with Crippen molar-refractivity contribution in [3.05, 3.63) is 33.7 Å². The van der Waals surface area contributed by atoms with Gasteiger partial charge in [0.2, 0.25) is 5.91 Å². The lowest BCUT2D eigenvalue weighted by Gasteiger charge is -2.22. The molecule has 1 heterocycles. The third-order valence-corrected chi connectivity index (χ3v) is 3.45. The lowest BCUT2D eigenvalue weighted by atomic mass is 9.94. The highest BCUT2D eigenvalue weighted by atomic mass is 16.4. The Hall–Kier alpha value is -2.44. The fourth-order valence-corrected chi connectivity index (χ4v) is 2.51. The van der Waals surface area contributed by atoms with Crippen LogP contribution in [-0.4, -0.2) is 33.4 Å². The molecule has 0 saturated heterocycles. The molecule has 1 aromatic rings. The Labute approximate surface area is 120 Å². The van der Waals surface area contributed by atoms with Gasteiger partial charge in [0, 0.05) is 30.7 Å². The second-order valence-corrected chi connectivity index (χ2v) is 5.01. The van der Waals surface area contributed by atoms with Gasteiger partial charge in [0.15, 0.2) is 5.78 Å². The predicted molar refractivity (Wildman–Crippen MR) is 73.2 cm³/mol. The van der Waals surface area contributed by atoms with Crippen LogP contribution < -0.4 is 10.9 Å². The van der Waals surface area contributed by atoms with Crippen LogP contribution in [0.5, 0.6) is 0 Å². The molecule has 2 N–H and O–H groups in total. The number of nitrogens with one attached hydrogen (secondary N) is 1. The Morgan fingerprint density at radius 2 is 2.05 bits per heavy atom. The summed E-state index contributed by atoms with van der Waals surface area (Å²) in [4.78, 5) is 46.1. The molecule has 7 nitrogen and oxygen atoms in total. The lowest BCUT2D eigenvalue weighted by molar-refractivity contribution is -0.142. The number of carboxylic acids is 1. The van der Waals surface area contributed by atoms with Crippen LogP contribution in [0.15, 0.2) is 16.9 Å². The largest absolute Gasteiger partial charge is 0.480 e. The zero-order valence-electron chi connectivity index (χ0n) is 11.6. The summed E-state index contributed by atoms with van der Waals surface area (Å²) in [7, 11) is 0. The number of aromatic nitrogens is 1. The second-order valence-electron chi connectivity index (χ2n) is 5.01. The van der Waals surface area contributed by atoms with Gasteiger partial charge < -0.3 is 15.0 Å². The van der Waals surface area contributed by atoms with Gasteiger partial charge in [0.1, 0.15) is 6.04 Å². The topological polar surface area (TPSA) is 105 Å². The molecule has 1 amide bonds. The van der Waals surface area contributed by atoms with Crippen molar-refractivity contribution in [1.82, 2.24) is 9.88 Å². The number of nitrogens with zero attached hydrogens (tertiary/aromatic N) is 1. The van der Waals surface area contributed by atoms with Crippen LogP contribution in [0, 0.1) is 0 Å². The number of Topliss-reactive ketones (excluding diaryl/α,β-unsaturated/α-hetero) is 1. The first-order valence-corrected chi connectivity index (χ1v) is 6.66. The van der Waals surface area contributed by atoms with E-state index in [1.807, 2.05) is 0 Å². The standard InChI is InChI=1S/C14H16N2O5/c1-8(17)15-10(14(20)21)7-16-11-3-2-4-12(18)9(11)5-6-13(16)19/h5-6,10H,2-4,7H2,1H3,(H,15,17)(H,20,21). The van der Waals surface area contributed by atoms with Gasteiger partial charge in [-0.2, -0.15) is 0 Å². The van der Waals surface area contributed by atoms with Crippen LogP contribution in [0.3, 0.4) is 0 Å². The summed E-state index contributed by atoms with van der Waals surface area (Å²) in [5.41, 5.74) is 0.642. The fourth-order valence-electron chi connectivity index (χ4n) is 2.51. The number of fused-ring (bicyclic) bond motifs is 1. The first-order chi connectivity index (χ1) is 9.90. The number of hydrogen-bond donors (Lipinski definition) is 2. The summed E-state index contributed by atoms with van der Waals surface area (Å²) in [6, 6.07) is 1.54. The Morgan fingerprint density at radius 1 is 1.33 bits per heavy atom. The number of ketones is 1. The van der Waals surface area contributed by atoms with Crippen LogP contribution in [0.2, 0.25) is 0 Å². The molecule has 0 fully saturated rings. The van der Waals surface area contributed by atoms with Crippen LogP contribution >= 0.6 is 0 Å². The molecule has 0 radical (unpaired) electrons. The average Bonchev–Trinajstić information content (AvgIpc) is 2.40. The van der Waals surface area contributed by atoms with E-state index in [0.29, 0.717) is 30.5 Å².